The molecule has 1 amide bonds. The van der Waals surface area contributed by atoms with Crippen LogP contribution >= 0.6 is 7.82 Å². The molecule has 0 saturated heterocycles. The summed E-state index contributed by atoms with van der Waals surface area (Å²) in [7, 11) is 1.61. The molecular formula is C43H86N2O6P+. The second kappa shape index (κ2) is 35.7. The summed E-state index contributed by atoms with van der Waals surface area (Å²) in [5.74, 6) is -0.159. The number of hydrogen-bond acceptors (Lipinski definition) is 5. The van der Waals surface area contributed by atoms with Crippen LogP contribution in [-0.4, -0.2) is 73.4 Å². The van der Waals surface area contributed by atoms with Gasteiger partial charge in [-0.1, -0.05) is 173 Å². The van der Waals surface area contributed by atoms with Gasteiger partial charge in [0.05, 0.1) is 39.9 Å². The largest absolute Gasteiger partial charge is 0.472 e. The molecule has 3 atom stereocenters. The van der Waals surface area contributed by atoms with E-state index in [-0.39, 0.29) is 19.1 Å². The maximum Gasteiger partial charge on any atom is 0.472 e. The van der Waals surface area contributed by atoms with E-state index < -0.39 is 20.0 Å². The fourth-order valence-corrected chi connectivity index (χ4v) is 6.92. The quantitative estimate of drug-likeness (QED) is 0.0250. The van der Waals surface area contributed by atoms with Crippen LogP contribution in [0.1, 0.15) is 194 Å². The fraction of sp³-hybridized carbons (Fsp3) is 0.884. The summed E-state index contributed by atoms with van der Waals surface area (Å²) in [6, 6.07) is -0.764. The minimum Gasteiger partial charge on any atom is -0.391 e. The van der Waals surface area contributed by atoms with Gasteiger partial charge in [-0.05, 0) is 38.5 Å². The molecule has 3 N–H and O–H groups in total. The van der Waals surface area contributed by atoms with Crippen LogP contribution in [0, 0.1) is 0 Å². The number of phosphoric acid groups is 1. The van der Waals surface area contributed by atoms with E-state index in [0.717, 1.165) is 64.2 Å². The smallest absolute Gasteiger partial charge is 0.391 e. The van der Waals surface area contributed by atoms with E-state index >= 15 is 0 Å². The Morgan fingerprint density at radius 2 is 1.12 bits per heavy atom. The van der Waals surface area contributed by atoms with Crippen LogP contribution in [0.3, 0.4) is 0 Å². The molecule has 0 saturated carbocycles. The minimum absolute atomic E-state index is 0.0722. The minimum atomic E-state index is -4.31. The van der Waals surface area contributed by atoms with Gasteiger partial charge in [0.1, 0.15) is 13.2 Å². The molecule has 0 radical (unpaired) electrons. The first-order chi connectivity index (χ1) is 25.0. The molecule has 0 bridgehead atoms. The zero-order valence-corrected chi connectivity index (χ0v) is 35.7. The average molecular weight is 758 g/mol. The number of likely N-dealkylation sites (N-methyl/N-ethyl adjacent to an activating group) is 1. The van der Waals surface area contributed by atoms with Gasteiger partial charge in [-0.3, -0.25) is 13.8 Å². The highest BCUT2D eigenvalue weighted by atomic mass is 31.2. The highest BCUT2D eigenvalue weighted by molar-refractivity contribution is 7.47. The second-order valence-corrected chi connectivity index (χ2v) is 17.5. The number of nitrogens with one attached hydrogen (secondary N) is 1. The topological polar surface area (TPSA) is 105 Å². The molecule has 8 nitrogen and oxygen atoms in total. The van der Waals surface area contributed by atoms with Crippen molar-refractivity contribution in [3.05, 3.63) is 24.3 Å². The molecule has 0 aromatic rings. The Hall–Kier alpha value is -1.02. The monoisotopic (exact) mass is 758 g/mol. The van der Waals surface area contributed by atoms with Crippen LogP contribution < -0.4 is 5.32 Å². The van der Waals surface area contributed by atoms with Gasteiger partial charge in [0.2, 0.25) is 5.91 Å². The molecule has 0 aliphatic carbocycles. The molecule has 0 spiro atoms. The number of aliphatic hydroxyl groups is 1. The summed E-state index contributed by atoms with van der Waals surface area (Å²) < 4.78 is 23.6. The molecule has 308 valence electrons. The van der Waals surface area contributed by atoms with Crippen LogP contribution in [0.15, 0.2) is 24.3 Å². The Morgan fingerprint density at radius 3 is 1.63 bits per heavy atom. The van der Waals surface area contributed by atoms with E-state index in [1.54, 1.807) is 0 Å². The fourth-order valence-electron chi connectivity index (χ4n) is 6.18. The number of unbranched alkanes of at least 4 members (excludes halogenated alkanes) is 22. The number of carbonyl (C=O) groups excluding carboxylic acids is 1. The third-order valence-electron chi connectivity index (χ3n) is 9.70. The first-order valence-electron chi connectivity index (χ1n) is 21.7. The van der Waals surface area contributed by atoms with E-state index in [2.05, 4.69) is 43.5 Å². The highest BCUT2D eigenvalue weighted by Crippen LogP contribution is 2.43. The number of hydrogen-bond donors (Lipinski definition) is 3. The first kappa shape index (κ1) is 51.0. The van der Waals surface area contributed by atoms with Crippen LogP contribution in [0.4, 0.5) is 0 Å². The van der Waals surface area contributed by atoms with E-state index in [0.29, 0.717) is 23.9 Å². The van der Waals surface area contributed by atoms with Crippen molar-refractivity contribution in [3.8, 4) is 0 Å². The summed E-state index contributed by atoms with van der Waals surface area (Å²) >= 11 is 0. The summed E-state index contributed by atoms with van der Waals surface area (Å²) in [6.45, 7) is 4.83. The van der Waals surface area contributed by atoms with E-state index in [1.165, 1.54) is 103 Å². The van der Waals surface area contributed by atoms with Gasteiger partial charge in [0, 0.05) is 6.42 Å². The molecule has 0 aliphatic rings. The van der Waals surface area contributed by atoms with Crippen LogP contribution in [0.25, 0.3) is 0 Å². The van der Waals surface area contributed by atoms with Crippen molar-refractivity contribution < 1.29 is 32.9 Å². The lowest BCUT2D eigenvalue weighted by atomic mass is 10.0. The number of nitrogens with zero attached hydrogens (tertiary/aromatic N) is 1. The SMILES string of the molecule is CCCC/C=C\C/C=C\CCCCCCCC(=O)NC(COP(=O)(O)OCC[N+](C)(C)C)C(O)CCCCCCCCCCCCCCCCCC. The highest BCUT2D eigenvalue weighted by Gasteiger charge is 2.28. The van der Waals surface area contributed by atoms with E-state index in [1.807, 2.05) is 21.1 Å². The number of quaternary nitrogens is 1. The molecule has 52 heavy (non-hydrogen) atoms. The van der Waals surface area contributed by atoms with Gasteiger partial charge in [-0.2, -0.15) is 0 Å². The van der Waals surface area contributed by atoms with Gasteiger partial charge < -0.3 is 19.8 Å². The maximum atomic E-state index is 12.8. The van der Waals surface area contributed by atoms with Crippen molar-refractivity contribution in [2.45, 2.75) is 206 Å². The molecule has 9 heteroatoms. The van der Waals surface area contributed by atoms with Crippen LogP contribution in [0.5, 0.6) is 0 Å². The lowest BCUT2D eigenvalue weighted by molar-refractivity contribution is -0.870. The maximum absolute atomic E-state index is 12.8. The Bertz CT molecular complexity index is 907. The molecule has 0 heterocycles. The summed E-state index contributed by atoms with van der Waals surface area (Å²) in [5, 5.41) is 13.9. The third kappa shape index (κ3) is 37.3. The molecule has 3 unspecified atom stereocenters. The van der Waals surface area contributed by atoms with Crippen molar-refractivity contribution in [3.63, 3.8) is 0 Å². The number of amides is 1. The van der Waals surface area contributed by atoms with Crippen molar-refractivity contribution in [2.75, 3.05) is 40.9 Å². The summed E-state index contributed by atoms with van der Waals surface area (Å²) in [4.78, 5) is 23.1. The third-order valence-corrected chi connectivity index (χ3v) is 10.7. The Morgan fingerprint density at radius 1 is 0.654 bits per heavy atom. The van der Waals surface area contributed by atoms with Gasteiger partial charge in [0.15, 0.2) is 0 Å². The number of phosphoric ester groups is 1. The van der Waals surface area contributed by atoms with Crippen molar-refractivity contribution in [2.24, 2.45) is 0 Å². The Labute approximate surface area is 322 Å². The van der Waals surface area contributed by atoms with Gasteiger partial charge >= 0.3 is 7.82 Å². The molecule has 0 aliphatic heterocycles. The van der Waals surface area contributed by atoms with Crippen molar-refractivity contribution in [1.82, 2.24) is 5.32 Å². The summed E-state index contributed by atoms with van der Waals surface area (Å²) in [6.07, 6.45) is 40.5. The zero-order chi connectivity index (χ0) is 38.6. The molecule has 0 aromatic carbocycles. The van der Waals surface area contributed by atoms with Gasteiger partial charge in [-0.15, -0.1) is 0 Å². The molecule has 0 aromatic heterocycles. The summed E-state index contributed by atoms with van der Waals surface area (Å²) in [5.41, 5.74) is 0. The molecule has 0 fully saturated rings. The number of carbonyl (C=O) groups is 1. The van der Waals surface area contributed by atoms with Crippen molar-refractivity contribution in [1.29, 1.82) is 0 Å². The second-order valence-electron chi connectivity index (χ2n) is 16.1. The number of aliphatic hydroxyl groups excluding tert-OH is 1. The lowest BCUT2D eigenvalue weighted by Crippen LogP contribution is -2.46. The number of allylic oxidation sites excluding steroid dienone is 4. The van der Waals surface area contributed by atoms with E-state index in [4.69, 9.17) is 9.05 Å². The van der Waals surface area contributed by atoms with Gasteiger partial charge in [0.25, 0.3) is 0 Å². The molecule has 0 rings (SSSR count). The van der Waals surface area contributed by atoms with Crippen LogP contribution in [-0.2, 0) is 18.4 Å². The average Bonchev–Trinajstić information content (AvgIpc) is 3.09. The number of rotatable bonds is 39. The van der Waals surface area contributed by atoms with Gasteiger partial charge in [-0.25, -0.2) is 4.57 Å². The van der Waals surface area contributed by atoms with Crippen LogP contribution in [0.2, 0.25) is 0 Å². The molecular weight excluding hydrogens is 671 g/mol. The van der Waals surface area contributed by atoms with Crippen molar-refractivity contribution >= 4 is 13.7 Å². The standard InChI is InChI=1S/C43H85N2O6P/c1-6-8-10-12-14-16-18-20-22-23-24-26-28-30-32-34-36-42(46)41(40-51-52(48,49)50-39-38-45(3,4)5)44-43(47)37-35-33-31-29-27-25-21-19-17-15-13-11-9-7-2/h13,15,19,21,41-42,46H,6-12,14,16-18,20,22-40H2,1-5H3,(H-,44,47,48,49)/p+1/b15-13-,21-19-. The normalized spacial score (nSPS) is 14.7. The lowest BCUT2D eigenvalue weighted by Gasteiger charge is -2.26. The zero-order valence-electron chi connectivity index (χ0n) is 34.8. The first-order valence-corrected chi connectivity index (χ1v) is 23.2. The Kier molecular flexibility index (Phi) is 35.0. The Balaban J connectivity index is 4.40. The van der Waals surface area contributed by atoms with E-state index in [9.17, 15) is 19.4 Å². The predicted molar refractivity (Wildman–Crippen MR) is 221 cm³/mol. The predicted octanol–water partition coefficient (Wildman–Crippen LogP) is 11.7.